The van der Waals surface area contributed by atoms with Crippen molar-refractivity contribution in [1.82, 2.24) is 0 Å². The first-order valence-corrected chi connectivity index (χ1v) is 11.3. The van der Waals surface area contributed by atoms with Gasteiger partial charge in [0, 0.05) is 24.3 Å². The molecule has 0 spiro atoms. The lowest BCUT2D eigenvalue weighted by molar-refractivity contribution is -0.124. The minimum Gasteiger partial charge on any atom is -0.299 e. The summed E-state index contributed by atoms with van der Waals surface area (Å²) in [6.07, 6.45) is 13.7. The van der Waals surface area contributed by atoms with Crippen molar-refractivity contribution in [2.75, 3.05) is 0 Å². The van der Waals surface area contributed by atoms with E-state index in [1.54, 1.807) is 0 Å². The third-order valence-corrected chi connectivity index (χ3v) is 6.17. The molecule has 1 aromatic carbocycles. The highest BCUT2D eigenvalue weighted by Crippen LogP contribution is 2.36. The molecule has 1 aromatic rings. The molecule has 0 radical (unpaired) electrons. The molecule has 1 aliphatic rings. The maximum atomic E-state index is 12.3. The summed E-state index contributed by atoms with van der Waals surface area (Å²) in [5.74, 6) is 1.62. The second kappa shape index (κ2) is 12.1. The van der Waals surface area contributed by atoms with Gasteiger partial charge in [-0.15, -0.1) is 0 Å². The van der Waals surface area contributed by atoms with Crippen LogP contribution in [-0.4, -0.2) is 11.6 Å². The Kier molecular flexibility index (Phi) is 9.80. The molecule has 0 amide bonds. The fourth-order valence-electron chi connectivity index (χ4n) is 4.30. The highest BCUT2D eigenvalue weighted by molar-refractivity contribution is 5.96. The molecule has 2 rings (SSSR count). The molecule has 2 heteroatoms. The molecule has 0 atom stereocenters. The fourth-order valence-corrected chi connectivity index (χ4v) is 4.30. The fraction of sp³-hybridized carbons (Fsp3) is 0.680. The molecule has 27 heavy (non-hydrogen) atoms. The van der Waals surface area contributed by atoms with Gasteiger partial charge in [-0.25, -0.2) is 0 Å². The van der Waals surface area contributed by atoms with Gasteiger partial charge >= 0.3 is 0 Å². The van der Waals surface area contributed by atoms with Gasteiger partial charge in [-0.05, 0) is 50.0 Å². The highest BCUT2D eigenvalue weighted by atomic mass is 16.1. The van der Waals surface area contributed by atoms with Gasteiger partial charge in [0.05, 0.1) is 0 Å². The molecule has 1 aliphatic carbocycles. The van der Waals surface area contributed by atoms with Crippen LogP contribution in [0.2, 0.25) is 0 Å². The van der Waals surface area contributed by atoms with Crippen molar-refractivity contribution in [2.24, 2.45) is 5.92 Å². The first kappa shape index (κ1) is 21.9. The van der Waals surface area contributed by atoms with Gasteiger partial charge in [0.2, 0.25) is 0 Å². The number of hydrogen-bond acceptors (Lipinski definition) is 2. The van der Waals surface area contributed by atoms with Gasteiger partial charge < -0.3 is 0 Å². The molecule has 150 valence electrons. The average Bonchev–Trinajstić information content (AvgIpc) is 2.71. The first-order chi connectivity index (χ1) is 13.2. The van der Waals surface area contributed by atoms with E-state index < -0.39 is 0 Å². The van der Waals surface area contributed by atoms with Gasteiger partial charge in [0.25, 0.3) is 0 Å². The standard InChI is InChI=1S/C25H38O2/c1-3-5-7-9-11-25(27)23-18-14-21(15-19-23)20-12-16-22(17-13-20)24(26)10-8-6-4-2/h14-15,18-20,22H,3-13,16-17H2,1-2H3. The monoisotopic (exact) mass is 370 g/mol. The molecule has 0 aromatic heterocycles. The second-order valence-electron chi connectivity index (χ2n) is 8.33. The van der Waals surface area contributed by atoms with Gasteiger partial charge in [0.1, 0.15) is 5.78 Å². The van der Waals surface area contributed by atoms with E-state index >= 15 is 0 Å². The molecule has 0 N–H and O–H groups in total. The quantitative estimate of drug-likeness (QED) is 0.286. The number of rotatable bonds is 12. The van der Waals surface area contributed by atoms with E-state index in [2.05, 4.69) is 26.0 Å². The summed E-state index contributed by atoms with van der Waals surface area (Å²) in [5.41, 5.74) is 2.20. The summed E-state index contributed by atoms with van der Waals surface area (Å²) in [6, 6.07) is 8.32. The van der Waals surface area contributed by atoms with Crippen molar-refractivity contribution in [3.8, 4) is 0 Å². The molecular weight excluding hydrogens is 332 g/mol. The Bertz CT molecular complexity index is 564. The third-order valence-electron chi connectivity index (χ3n) is 6.17. The SMILES string of the molecule is CCCCCCC(=O)c1ccc(C2CCC(C(=O)CCCCC)CC2)cc1. The zero-order chi connectivity index (χ0) is 19.5. The lowest BCUT2D eigenvalue weighted by Gasteiger charge is -2.28. The maximum Gasteiger partial charge on any atom is 0.162 e. The van der Waals surface area contributed by atoms with Crippen molar-refractivity contribution in [2.45, 2.75) is 103 Å². The lowest BCUT2D eigenvalue weighted by atomic mass is 9.76. The molecule has 1 fully saturated rings. The molecule has 0 aliphatic heterocycles. The largest absolute Gasteiger partial charge is 0.299 e. The predicted molar refractivity (Wildman–Crippen MR) is 113 cm³/mol. The Labute approximate surface area is 166 Å². The molecule has 0 bridgehead atoms. The first-order valence-electron chi connectivity index (χ1n) is 11.3. The number of unbranched alkanes of at least 4 members (excludes halogenated alkanes) is 5. The second-order valence-corrected chi connectivity index (χ2v) is 8.33. The van der Waals surface area contributed by atoms with Crippen molar-refractivity contribution < 1.29 is 9.59 Å². The van der Waals surface area contributed by atoms with Crippen LogP contribution in [0.3, 0.4) is 0 Å². The molecule has 2 nitrogen and oxygen atoms in total. The minimum absolute atomic E-state index is 0.277. The van der Waals surface area contributed by atoms with Crippen LogP contribution in [0.5, 0.6) is 0 Å². The van der Waals surface area contributed by atoms with Gasteiger partial charge in [-0.2, -0.15) is 0 Å². The zero-order valence-corrected chi connectivity index (χ0v) is 17.5. The minimum atomic E-state index is 0.277. The van der Waals surface area contributed by atoms with Crippen LogP contribution in [0.15, 0.2) is 24.3 Å². The van der Waals surface area contributed by atoms with E-state index in [1.165, 1.54) is 31.2 Å². The van der Waals surface area contributed by atoms with Crippen LogP contribution >= 0.6 is 0 Å². The Morgan fingerprint density at radius 2 is 1.37 bits per heavy atom. The number of ketones is 2. The third kappa shape index (κ3) is 7.24. The number of Topliss-reactive ketones (excluding diaryl/α,β-unsaturated/α-hetero) is 2. The summed E-state index contributed by atoms with van der Waals surface area (Å²) in [4.78, 5) is 24.6. The Morgan fingerprint density at radius 3 is 2.00 bits per heavy atom. The van der Waals surface area contributed by atoms with Crippen LogP contribution in [0, 0.1) is 5.92 Å². The summed E-state index contributed by atoms with van der Waals surface area (Å²) >= 11 is 0. The van der Waals surface area contributed by atoms with E-state index in [9.17, 15) is 9.59 Å². The van der Waals surface area contributed by atoms with E-state index in [4.69, 9.17) is 0 Å². The number of benzene rings is 1. The van der Waals surface area contributed by atoms with E-state index in [-0.39, 0.29) is 5.78 Å². The van der Waals surface area contributed by atoms with Crippen LogP contribution in [0.25, 0.3) is 0 Å². The van der Waals surface area contributed by atoms with E-state index in [1.807, 2.05) is 12.1 Å². The lowest BCUT2D eigenvalue weighted by Crippen LogP contribution is -2.21. The summed E-state index contributed by atoms with van der Waals surface area (Å²) in [5, 5.41) is 0. The molecule has 0 saturated heterocycles. The average molecular weight is 371 g/mol. The van der Waals surface area contributed by atoms with Crippen LogP contribution in [0.1, 0.15) is 119 Å². The Morgan fingerprint density at radius 1 is 0.778 bits per heavy atom. The molecule has 1 saturated carbocycles. The molecular formula is C25H38O2. The van der Waals surface area contributed by atoms with Crippen LogP contribution in [0.4, 0.5) is 0 Å². The van der Waals surface area contributed by atoms with Gasteiger partial charge in [-0.1, -0.05) is 70.2 Å². The zero-order valence-electron chi connectivity index (χ0n) is 17.5. The summed E-state index contributed by atoms with van der Waals surface area (Å²) in [6.45, 7) is 4.37. The van der Waals surface area contributed by atoms with Crippen molar-refractivity contribution in [1.29, 1.82) is 0 Å². The smallest absolute Gasteiger partial charge is 0.162 e. The Hall–Kier alpha value is -1.44. The maximum absolute atomic E-state index is 12.3. The van der Waals surface area contributed by atoms with E-state index in [0.717, 1.165) is 56.9 Å². The van der Waals surface area contributed by atoms with Crippen molar-refractivity contribution in [3.05, 3.63) is 35.4 Å². The van der Waals surface area contributed by atoms with Gasteiger partial charge in [-0.3, -0.25) is 9.59 Å². The predicted octanol–water partition coefficient (Wildman–Crippen LogP) is 7.26. The summed E-state index contributed by atoms with van der Waals surface area (Å²) < 4.78 is 0. The summed E-state index contributed by atoms with van der Waals surface area (Å²) in [7, 11) is 0. The molecule has 0 unspecified atom stereocenters. The topological polar surface area (TPSA) is 34.1 Å². The van der Waals surface area contributed by atoms with Gasteiger partial charge in [0.15, 0.2) is 5.78 Å². The van der Waals surface area contributed by atoms with Crippen molar-refractivity contribution >= 4 is 11.6 Å². The molecule has 0 heterocycles. The highest BCUT2D eigenvalue weighted by Gasteiger charge is 2.26. The number of carbonyl (C=O) groups is 2. The van der Waals surface area contributed by atoms with Crippen LogP contribution < -0.4 is 0 Å². The Balaban J connectivity index is 1.77. The van der Waals surface area contributed by atoms with Crippen LogP contribution in [-0.2, 0) is 4.79 Å². The number of hydrogen-bond donors (Lipinski definition) is 0. The number of carbonyl (C=O) groups excluding carboxylic acids is 2. The van der Waals surface area contributed by atoms with E-state index in [0.29, 0.717) is 24.0 Å². The normalized spacial score (nSPS) is 19.8. The van der Waals surface area contributed by atoms with Crippen molar-refractivity contribution in [3.63, 3.8) is 0 Å².